The zero-order valence-electron chi connectivity index (χ0n) is 28.5. The van der Waals surface area contributed by atoms with E-state index < -0.39 is 24.3 Å². The topological polar surface area (TPSA) is 187 Å². The number of anilines is 5. The lowest BCUT2D eigenvalue weighted by Crippen LogP contribution is -2.44. The largest absolute Gasteiger partial charge is 0.490 e. The average Bonchev–Trinajstić information content (AvgIpc) is 3.06. The van der Waals surface area contributed by atoms with Crippen LogP contribution in [-0.2, 0) is 32.0 Å². The van der Waals surface area contributed by atoms with Crippen LogP contribution in [0.1, 0.15) is 51.2 Å². The van der Waals surface area contributed by atoms with E-state index in [0.29, 0.717) is 42.7 Å². The van der Waals surface area contributed by atoms with Crippen molar-refractivity contribution < 1.29 is 55.7 Å². The highest BCUT2D eigenvalue weighted by atomic mass is 35.5. The zero-order valence-corrected chi connectivity index (χ0v) is 29.3. The van der Waals surface area contributed by atoms with Gasteiger partial charge in [-0.15, -0.1) is 0 Å². The Balaban J connectivity index is 0.000000458. The number of pyridine rings is 1. The van der Waals surface area contributed by atoms with Gasteiger partial charge in [0.15, 0.2) is 5.82 Å². The number of piperidine rings is 1. The molecule has 5 N–H and O–H groups in total. The molecule has 2 amide bonds. The highest BCUT2D eigenvalue weighted by Gasteiger charge is 2.39. The standard InChI is InChI=1S/C29H34ClN7O2.2C2HF3O2/c1-29(2,3)27(39)37-10-8-18(9-11-37)13-25(38)35-24-7-6-21-14-20(24)5-4-19-12-22(16-31-15-19)34-28-32-17-23(30)26(33-21)36-28;2*3-2(4,5)1(6)7/h6-7,12,14-18H,4-5,8-11,13H2,1-3H3,(H,35,38)(H2,32,33,34,36);2*(H,6,7). The fourth-order valence-electron chi connectivity index (χ4n) is 5.03. The van der Waals surface area contributed by atoms with Crippen LogP contribution < -0.4 is 16.0 Å². The normalized spacial score (nSPS) is 14.5. The third-order valence-electron chi connectivity index (χ3n) is 7.62. The third-order valence-corrected chi connectivity index (χ3v) is 7.90. The van der Waals surface area contributed by atoms with Gasteiger partial charge < -0.3 is 31.1 Å². The number of nitrogens with zero attached hydrogens (tertiary/aromatic N) is 4. The van der Waals surface area contributed by atoms with Gasteiger partial charge in [-0.05, 0) is 67.0 Å². The molecule has 0 unspecified atom stereocenters. The summed E-state index contributed by atoms with van der Waals surface area (Å²) in [6.07, 6.45) is -1.48. The summed E-state index contributed by atoms with van der Waals surface area (Å²) < 4.78 is 63.5. The highest BCUT2D eigenvalue weighted by molar-refractivity contribution is 6.32. The number of carboxylic acids is 2. The summed E-state index contributed by atoms with van der Waals surface area (Å²) in [6.45, 7) is 7.25. The minimum atomic E-state index is -5.08. The van der Waals surface area contributed by atoms with Crippen LogP contribution in [0.3, 0.4) is 0 Å². The van der Waals surface area contributed by atoms with E-state index in [4.69, 9.17) is 31.4 Å². The monoisotopic (exact) mass is 775 g/mol. The maximum absolute atomic E-state index is 13.1. The fraction of sp³-hybridized carbons (Fsp3) is 0.424. The van der Waals surface area contributed by atoms with Crippen LogP contribution in [0.5, 0.6) is 0 Å². The van der Waals surface area contributed by atoms with Crippen LogP contribution in [0, 0.1) is 11.3 Å². The Bertz CT molecular complexity index is 1770. The molecule has 0 aliphatic carbocycles. The van der Waals surface area contributed by atoms with E-state index in [-0.39, 0.29) is 23.1 Å². The molecule has 0 atom stereocenters. The first kappa shape index (κ1) is 42.2. The molecule has 2 aliphatic heterocycles. The second-order valence-electron chi connectivity index (χ2n) is 12.9. The molecule has 1 fully saturated rings. The lowest BCUT2D eigenvalue weighted by Gasteiger charge is -2.35. The van der Waals surface area contributed by atoms with Crippen LogP contribution in [0.4, 0.5) is 55.2 Å². The van der Waals surface area contributed by atoms with Gasteiger partial charge >= 0.3 is 24.3 Å². The number of amides is 2. The predicted molar refractivity (Wildman–Crippen MR) is 181 cm³/mol. The number of rotatable bonds is 3. The number of nitrogens with one attached hydrogen (secondary N) is 3. The average molecular weight is 776 g/mol. The Morgan fingerprint density at radius 2 is 1.49 bits per heavy atom. The SMILES string of the molecule is CC(C)(C)C(=O)N1CCC(CC(=O)Nc2ccc3cc2CCc2cncc(c2)Nc2ncc(Cl)c(n2)N3)CC1.O=C(O)C(F)(F)F.O=C(O)C(F)(F)F. The summed E-state index contributed by atoms with van der Waals surface area (Å²) >= 11 is 6.37. The quantitative estimate of drug-likeness (QED) is 0.173. The number of benzene rings is 1. The van der Waals surface area contributed by atoms with E-state index in [1.165, 1.54) is 0 Å². The number of carbonyl (C=O) groups is 4. The molecule has 53 heavy (non-hydrogen) atoms. The molecule has 1 saturated heterocycles. The second kappa shape index (κ2) is 17.5. The van der Waals surface area contributed by atoms with Gasteiger partial charge in [0.25, 0.3) is 0 Å². The molecule has 4 heterocycles. The summed E-state index contributed by atoms with van der Waals surface area (Å²) in [5.74, 6) is -4.19. The number of fused-ring (bicyclic) bond motifs is 6. The first-order chi connectivity index (χ1) is 24.5. The van der Waals surface area contributed by atoms with E-state index in [1.807, 2.05) is 56.1 Å². The summed E-state index contributed by atoms with van der Waals surface area (Å²) in [4.78, 5) is 58.6. The van der Waals surface area contributed by atoms with Crippen molar-refractivity contribution in [2.24, 2.45) is 11.3 Å². The summed E-state index contributed by atoms with van der Waals surface area (Å²) in [5.41, 5.74) is 4.07. The first-order valence-corrected chi connectivity index (χ1v) is 16.2. The Kier molecular flexibility index (Phi) is 14.0. The maximum Gasteiger partial charge on any atom is 0.490 e. The van der Waals surface area contributed by atoms with Crippen molar-refractivity contribution in [1.29, 1.82) is 0 Å². The minimum absolute atomic E-state index is 0.00757. The van der Waals surface area contributed by atoms with Gasteiger partial charge in [0.2, 0.25) is 17.8 Å². The molecular formula is C33H36ClF6N7O6. The van der Waals surface area contributed by atoms with Gasteiger partial charge in [0.05, 0.1) is 18.1 Å². The van der Waals surface area contributed by atoms with Gasteiger partial charge in [0, 0.05) is 42.5 Å². The van der Waals surface area contributed by atoms with Crippen molar-refractivity contribution in [3.63, 3.8) is 0 Å². The summed E-state index contributed by atoms with van der Waals surface area (Å²) in [7, 11) is 0. The molecule has 0 radical (unpaired) electrons. The molecule has 2 aromatic heterocycles. The Hall–Kier alpha value is -5.20. The first-order valence-electron chi connectivity index (χ1n) is 15.9. The van der Waals surface area contributed by atoms with Gasteiger partial charge in [-0.25, -0.2) is 14.6 Å². The van der Waals surface area contributed by atoms with Crippen LogP contribution in [0.25, 0.3) is 0 Å². The number of halogens is 7. The fourth-order valence-corrected chi connectivity index (χ4v) is 5.17. The zero-order chi connectivity index (χ0) is 39.7. The van der Waals surface area contributed by atoms with E-state index in [1.54, 1.807) is 12.4 Å². The van der Waals surface area contributed by atoms with E-state index >= 15 is 0 Å². The smallest absolute Gasteiger partial charge is 0.475 e. The number of hydrogen-bond donors (Lipinski definition) is 5. The number of carbonyl (C=O) groups excluding carboxylic acids is 2. The molecular weight excluding hydrogens is 740 g/mol. The van der Waals surface area contributed by atoms with E-state index in [0.717, 1.165) is 47.5 Å². The van der Waals surface area contributed by atoms with Gasteiger partial charge in [-0.3, -0.25) is 14.6 Å². The number of aryl methyl sites for hydroxylation is 2. The Morgan fingerprint density at radius 1 is 0.887 bits per heavy atom. The second-order valence-corrected chi connectivity index (χ2v) is 13.3. The number of likely N-dealkylation sites (tertiary alicyclic amines) is 1. The van der Waals surface area contributed by atoms with Crippen molar-refractivity contribution in [3.05, 3.63) is 59.0 Å². The molecule has 3 aromatic rings. The number of hydrogen-bond acceptors (Lipinski definition) is 9. The summed E-state index contributed by atoms with van der Waals surface area (Å²) in [5, 5.41) is 24.3. The molecule has 2 aliphatic rings. The van der Waals surface area contributed by atoms with Crippen molar-refractivity contribution in [3.8, 4) is 0 Å². The molecule has 0 saturated carbocycles. The Morgan fingerprint density at radius 3 is 2.06 bits per heavy atom. The minimum Gasteiger partial charge on any atom is -0.475 e. The van der Waals surface area contributed by atoms with Crippen molar-refractivity contribution >= 4 is 64.2 Å². The van der Waals surface area contributed by atoms with Gasteiger partial charge in [-0.1, -0.05) is 32.4 Å². The van der Waals surface area contributed by atoms with Crippen LogP contribution in [0.2, 0.25) is 5.02 Å². The van der Waals surface area contributed by atoms with E-state index in [9.17, 15) is 35.9 Å². The molecule has 1 aromatic carbocycles. The number of aliphatic carboxylic acids is 2. The predicted octanol–water partition coefficient (Wildman–Crippen LogP) is 6.99. The molecule has 20 heteroatoms. The number of aromatic nitrogens is 3. The van der Waals surface area contributed by atoms with Gasteiger partial charge in [-0.2, -0.15) is 31.3 Å². The van der Waals surface area contributed by atoms with Crippen LogP contribution in [-0.4, -0.2) is 79.3 Å². The third kappa shape index (κ3) is 13.4. The number of carboxylic acid groups (broad SMARTS) is 2. The van der Waals surface area contributed by atoms with Crippen molar-refractivity contribution in [2.45, 2.75) is 65.2 Å². The van der Waals surface area contributed by atoms with Crippen molar-refractivity contribution in [2.75, 3.05) is 29.0 Å². The maximum atomic E-state index is 13.1. The Labute approximate surface area is 304 Å². The lowest BCUT2D eigenvalue weighted by atomic mass is 9.89. The van der Waals surface area contributed by atoms with Gasteiger partial charge in [0.1, 0.15) is 5.02 Å². The van der Waals surface area contributed by atoms with Crippen molar-refractivity contribution in [1.82, 2.24) is 19.9 Å². The van der Waals surface area contributed by atoms with Crippen LogP contribution in [0.15, 0.2) is 42.9 Å². The molecule has 13 nitrogen and oxygen atoms in total. The molecule has 6 bridgehead atoms. The van der Waals surface area contributed by atoms with E-state index in [2.05, 4.69) is 30.9 Å². The number of alkyl halides is 6. The highest BCUT2D eigenvalue weighted by Crippen LogP contribution is 2.30. The molecule has 5 rings (SSSR count). The molecule has 0 spiro atoms. The van der Waals surface area contributed by atoms with Crippen LogP contribution >= 0.6 is 11.6 Å². The lowest BCUT2D eigenvalue weighted by molar-refractivity contribution is -0.193. The summed E-state index contributed by atoms with van der Waals surface area (Å²) in [6, 6.07) is 7.87. The molecule has 288 valence electrons.